The summed E-state index contributed by atoms with van der Waals surface area (Å²) in [4.78, 5) is 0. The summed E-state index contributed by atoms with van der Waals surface area (Å²) in [5.41, 5.74) is 1.05. The molecule has 62 valence electrons. The van der Waals surface area contributed by atoms with Crippen molar-refractivity contribution in [2.75, 3.05) is 0 Å². The van der Waals surface area contributed by atoms with Crippen LogP contribution in [-0.4, -0.2) is 5.16 Å². The van der Waals surface area contributed by atoms with Gasteiger partial charge in [0.1, 0.15) is 0 Å². The van der Waals surface area contributed by atoms with Gasteiger partial charge in [-0.05, 0) is 28.8 Å². The van der Waals surface area contributed by atoms with Gasteiger partial charge in [0.05, 0.1) is 5.69 Å². The van der Waals surface area contributed by atoms with Crippen LogP contribution in [0.15, 0.2) is 15.3 Å². The average molecular weight is 218 g/mol. The van der Waals surface area contributed by atoms with E-state index in [0.717, 1.165) is 16.8 Å². The lowest BCUT2D eigenvalue weighted by Crippen LogP contribution is -1.83. The molecule has 0 atom stereocenters. The lowest BCUT2D eigenvalue weighted by atomic mass is 10.2. The summed E-state index contributed by atoms with van der Waals surface area (Å²) in [6, 6.07) is 1.93. The van der Waals surface area contributed by atoms with Crippen molar-refractivity contribution in [3.63, 3.8) is 0 Å². The fourth-order valence-corrected chi connectivity index (χ4v) is 1.30. The van der Waals surface area contributed by atoms with Gasteiger partial charge in [0, 0.05) is 6.07 Å². The molecule has 2 nitrogen and oxygen atoms in total. The minimum absolute atomic E-state index is 0.726. The molecule has 0 aromatic carbocycles. The van der Waals surface area contributed by atoms with Gasteiger partial charge in [-0.1, -0.05) is 24.9 Å². The lowest BCUT2D eigenvalue weighted by Gasteiger charge is -1.91. The van der Waals surface area contributed by atoms with Crippen LogP contribution < -0.4 is 0 Å². The maximum Gasteiger partial charge on any atom is 0.202 e. The van der Waals surface area contributed by atoms with Crippen molar-refractivity contribution in [3.05, 3.63) is 16.4 Å². The molecule has 3 heteroatoms. The molecular formula is C8H12BrNO. The first-order valence-corrected chi connectivity index (χ1v) is 4.73. The average Bonchev–Trinajstić information content (AvgIpc) is 2.37. The molecule has 0 saturated heterocycles. The Hall–Kier alpha value is -0.310. The number of nitrogens with zero attached hydrogens (tertiary/aromatic N) is 1. The Bertz CT molecular complexity index is 210. The molecule has 0 radical (unpaired) electrons. The SMILES string of the molecule is CCCCCc1cc(Br)on1. The van der Waals surface area contributed by atoms with Crippen LogP contribution in [-0.2, 0) is 6.42 Å². The van der Waals surface area contributed by atoms with E-state index >= 15 is 0 Å². The van der Waals surface area contributed by atoms with Crippen molar-refractivity contribution in [2.45, 2.75) is 32.6 Å². The van der Waals surface area contributed by atoms with Gasteiger partial charge in [-0.3, -0.25) is 0 Å². The summed E-state index contributed by atoms with van der Waals surface area (Å²) in [6.45, 7) is 2.19. The molecule has 1 rings (SSSR count). The van der Waals surface area contributed by atoms with Gasteiger partial charge in [0.25, 0.3) is 0 Å². The fraction of sp³-hybridized carbons (Fsp3) is 0.625. The van der Waals surface area contributed by atoms with Crippen LogP contribution in [0.2, 0.25) is 0 Å². The topological polar surface area (TPSA) is 26.0 Å². The van der Waals surface area contributed by atoms with Crippen LogP contribution in [0, 0.1) is 0 Å². The monoisotopic (exact) mass is 217 g/mol. The number of unbranched alkanes of at least 4 members (excludes halogenated alkanes) is 2. The summed E-state index contributed by atoms with van der Waals surface area (Å²) < 4.78 is 5.59. The summed E-state index contributed by atoms with van der Waals surface area (Å²) in [5, 5.41) is 3.87. The molecular weight excluding hydrogens is 206 g/mol. The van der Waals surface area contributed by atoms with Crippen LogP contribution in [0.3, 0.4) is 0 Å². The van der Waals surface area contributed by atoms with Gasteiger partial charge < -0.3 is 4.52 Å². The lowest BCUT2D eigenvalue weighted by molar-refractivity contribution is 0.392. The highest BCUT2D eigenvalue weighted by molar-refractivity contribution is 9.10. The fourth-order valence-electron chi connectivity index (χ4n) is 0.960. The highest BCUT2D eigenvalue weighted by Gasteiger charge is 1.99. The second kappa shape index (κ2) is 4.54. The number of hydrogen-bond acceptors (Lipinski definition) is 2. The van der Waals surface area contributed by atoms with E-state index in [-0.39, 0.29) is 0 Å². The molecule has 0 aliphatic rings. The zero-order chi connectivity index (χ0) is 8.10. The summed E-state index contributed by atoms with van der Waals surface area (Å²) >= 11 is 3.21. The number of hydrogen-bond donors (Lipinski definition) is 0. The van der Waals surface area contributed by atoms with Gasteiger partial charge in [0.15, 0.2) is 0 Å². The Morgan fingerprint density at radius 2 is 2.36 bits per heavy atom. The predicted octanol–water partition coefficient (Wildman–Crippen LogP) is 3.17. The van der Waals surface area contributed by atoms with E-state index in [9.17, 15) is 0 Å². The molecule has 0 spiro atoms. The van der Waals surface area contributed by atoms with Crippen LogP contribution in [0.4, 0.5) is 0 Å². The summed E-state index contributed by atoms with van der Waals surface area (Å²) in [5.74, 6) is 0. The van der Waals surface area contributed by atoms with Crippen molar-refractivity contribution in [1.82, 2.24) is 5.16 Å². The Balaban J connectivity index is 2.27. The predicted molar refractivity (Wildman–Crippen MR) is 47.4 cm³/mol. The maximum atomic E-state index is 4.86. The van der Waals surface area contributed by atoms with E-state index in [1.54, 1.807) is 0 Å². The third-order valence-electron chi connectivity index (χ3n) is 1.57. The minimum Gasteiger partial charge on any atom is -0.349 e. The first-order chi connectivity index (χ1) is 5.33. The normalized spacial score (nSPS) is 10.4. The second-order valence-electron chi connectivity index (χ2n) is 2.58. The largest absolute Gasteiger partial charge is 0.349 e. The van der Waals surface area contributed by atoms with Gasteiger partial charge in [-0.25, -0.2) is 0 Å². The van der Waals surface area contributed by atoms with Gasteiger partial charge in [-0.2, -0.15) is 0 Å². The maximum absolute atomic E-state index is 4.86. The number of rotatable bonds is 4. The van der Waals surface area contributed by atoms with E-state index < -0.39 is 0 Å². The molecule has 1 aromatic rings. The quantitative estimate of drug-likeness (QED) is 0.725. The van der Waals surface area contributed by atoms with Crippen LogP contribution in [0.1, 0.15) is 31.9 Å². The van der Waals surface area contributed by atoms with Crippen molar-refractivity contribution >= 4 is 15.9 Å². The zero-order valence-corrected chi connectivity index (χ0v) is 8.23. The molecule has 0 N–H and O–H groups in total. The Kier molecular flexibility index (Phi) is 3.63. The first-order valence-electron chi connectivity index (χ1n) is 3.94. The van der Waals surface area contributed by atoms with E-state index in [1.807, 2.05) is 6.07 Å². The molecule has 0 aliphatic heterocycles. The molecule has 0 aliphatic carbocycles. The Morgan fingerprint density at radius 3 is 2.91 bits per heavy atom. The molecule has 0 fully saturated rings. The first kappa shape index (κ1) is 8.78. The van der Waals surface area contributed by atoms with E-state index in [2.05, 4.69) is 28.0 Å². The molecule has 1 heterocycles. The number of aryl methyl sites for hydroxylation is 1. The van der Waals surface area contributed by atoms with Crippen molar-refractivity contribution in [1.29, 1.82) is 0 Å². The van der Waals surface area contributed by atoms with Crippen LogP contribution >= 0.6 is 15.9 Å². The summed E-state index contributed by atoms with van der Waals surface area (Å²) in [7, 11) is 0. The third kappa shape index (κ3) is 3.06. The van der Waals surface area contributed by atoms with E-state index in [4.69, 9.17) is 4.52 Å². The minimum atomic E-state index is 0.726. The zero-order valence-electron chi connectivity index (χ0n) is 6.64. The molecule has 1 aromatic heterocycles. The van der Waals surface area contributed by atoms with Crippen LogP contribution in [0.25, 0.3) is 0 Å². The van der Waals surface area contributed by atoms with E-state index in [1.165, 1.54) is 19.3 Å². The Morgan fingerprint density at radius 1 is 1.55 bits per heavy atom. The van der Waals surface area contributed by atoms with E-state index in [0.29, 0.717) is 0 Å². The highest BCUT2D eigenvalue weighted by Crippen LogP contribution is 2.12. The standard InChI is InChI=1S/C8H12BrNO/c1-2-3-4-5-7-6-8(9)11-10-7/h6H,2-5H2,1H3. The van der Waals surface area contributed by atoms with Crippen molar-refractivity contribution in [2.24, 2.45) is 0 Å². The number of aromatic nitrogens is 1. The molecule has 0 bridgehead atoms. The van der Waals surface area contributed by atoms with Gasteiger partial charge in [0.2, 0.25) is 4.67 Å². The molecule has 0 unspecified atom stereocenters. The molecule has 0 amide bonds. The van der Waals surface area contributed by atoms with Crippen LogP contribution in [0.5, 0.6) is 0 Å². The van der Waals surface area contributed by atoms with Crippen molar-refractivity contribution in [3.8, 4) is 0 Å². The molecule has 11 heavy (non-hydrogen) atoms. The van der Waals surface area contributed by atoms with Gasteiger partial charge >= 0.3 is 0 Å². The van der Waals surface area contributed by atoms with Crippen molar-refractivity contribution < 1.29 is 4.52 Å². The Labute approximate surface area is 75.1 Å². The highest BCUT2D eigenvalue weighted by atomic mass is 79.9. The number of halogens is 1. The smallest absolute Gasteiger partial charge is 0.202 e. The third-order valence-corrected chi connectivity index (χ3v) is 1.94. The molecule has 0 saturated carbocycles. The van der Waals surface area contributed by atoms with Gasteiger partial charge in [-0.15, -0.1) is 0 Å². The second-order valence-corrected chi connectivity index (χ2v) is 3.36. The summed E-state index contributed by atoms with van der Waals surface area (Å²) in [6.07, 6.45) is 4.75.